The Bertz CT molecular complexity index is 418. The summed E-state index contributed by atoms with van der Waals surface area (Å²) < 4.78 is 37.7. The number of halogens is 4. The Kier molecular flexibility index (Phi) is 3.44. The monoisotopic (exact) mass is 252 g/mol. The molecular weight excluding hydrogens is 245 g/mol. The Hall–Kier alpha value is -1.27. The van der Waals surface area contributed by atoms with Gasteiger partial charge in [-0.3, -0.25) is 9.80 Å². The molecule has 2 N–H and O–H groups in total. The molecule has 0 radical (unpaired) electrons. The minimum Gasteiger partial charge on any atom is -0.280 e. The molecule has 1 aromatic carbocycles. The van der Waals surface area contributed by atoms with Gasteiger partial charge in [-0.15, -0.1) is 0 Å². The fourth-order valence-corrected chi connectivity index (χ4v) is 1.30. The van der Waals surface area contributed by atoms with E-state index in [9.17, 15) is 18.0 Å². The summed E-state index contributed by atoms with van der Waals surface area (Å²) in [4.78, 5) is 11.4. The Morgan fingerprint density at radius 1 is 1.44 bits per heavy atom. The summed E-state index contributed by atoms with van der Waals surface area (Å²) in [5.74, 6) is 4.17. The molecule has 0 saturated carbocycles. The van der Waals surface area contributed by atoms with Crippen molar-refractivity contribution in [2.45, 2.75) is 6.18 Å². The summed E-state index contributed by atoms with van der Waals surface area (Å²) in [6.07, 6.45) is -4.65. The average molecular weight is 253 g/mol. The lowest BCUT2D eigenvalue weighted by molar-refractivity contribution is -0.138. The highest BCUT2D eigenvalue weighted by Crippen LogP contribution is 2.34. The molecule has 0 unspecified atom stereocenters. The highest BCUT2D eigenvalue weighted by Gasteiger charge is 2.35. The summed E-state index contributed by atoms with van der Waals surface area (Å²) in [6.45, 7) is 0. The largest absolute Gasteiger partial charge is 0.417 e. The van der Waals surface area contributed by atoms with E-state index in [4.69, 9.17) is 17.4 Å². The van der Waals surface area contributed by atoms with Gasteiger partial charge in [-0.2, -0.15) is 13.2 Å². The predicted octanol–water partition coefficient (Wildman–Crippen LogP) is 2.30. The number of rotatable bonds is 1. The van der Waals surface area contributed by atoms with E-state index in [0.29, 0.717) is 11.1 Å². The molecule has 88 valence electrons. The summed E-state index contributed by atoms with van der Waals surface area (Å²) in [5.41, 5.74) is -1.62. The molecule has 3 nitrogen and oxygen atoms in total. The van der Waals surface area contributed by atoms with Gasteiger partial charge < -0.3 is 0 Å². The van der Waals surface area contributed by atoms with Crippen molar-refractivity contribution in [3.05, 3.63) is 34.3 Å². The number of nitrogens with zero attached hydrogens (tertiary/aromatic N) is 1. The molecule has 1 amide bonds. The van der Waals surface area contributed by atoms with E-state index in [1.54, 1.807) is 0 Å². The second-order valence-corrected chi connectivity index (χ2v) is 3.54. The first-order valence-corrected chi connectivity index (χ1v) is 4.51. The highest BCUT2D eigenvalue weighted by molar-refractivity contribution is 6.30. The molecular formula is C9H8ClF3N2O. The van der Waals surface area contributed by atoms with E-state index >= 15 is 0 Å². The van der Waals surface area contributed by atoms with Gasteiger partial charge in [0.1, 0.15) is 0 Å². The number of nitrogens with two attached hydrogens (primary N) is 1. The lowest BCUT2D eigenvalue weighted by Gasteiger charge is -2.15. The third-order valence-corrected chi connectivity index (χ3v) is 2.07. The fourth-order valence-electron chi connectivity index (χ4n) is 1.13. The Labute approximate surface area is 94.6 Å². The zero-order valence-corrected chi connectivity index (χ0v) is 8.93. The third-order valence-electron chi connectivity index (χ3n) is 1.84. The smallest absolute Gasteiger partial charge is 0.280 e. The molecule has 16 heavy (non-hydrogen) atoms. The van der Waals surface area contributed by atoms with Crippen LogP contribution in [0.5, 0.6) is 0 Å². The highest BCUT2D eigenvalue weighted by atomic mass is 35.5. The predicted molar refractivity (Wildman–Crippen MR) is 52.7 cm³/mol. The lowest BCUT2D eigenvalue weighted by atomic mass is 10.1. The molecule has 0 aliphatic carbocycles. The number of benzene rings is 1. The first kappa shape index (κ1) is 12.8. The van der Waals surface area contributed by atoms with Crippen molar-refractivity contribution in [1.29, 1.82) is 0 Å². The first-order valence-electron chi connectivity index (χ1n) is 4.13. The molecule has 0 saturated heterocycles. The molecule has 0 aliphatic rings. The van der Waals surface area contributed by atoms with Crippen LogP contribution in [0.15, 0.2) is 18.2 Å². The molecule has 0 aromatic heterocycles. The van der Waals surface area contributed by atoms with Gasteiger partial charge in [0.05, 0.1) is 11.1 Å². The van der Waals surface area contributed by atoms with Crippen LogP contribution in [0.2, 0.25) is 5.02 Å². The van der Waals surface area contributed by atoms with Crippen molar-refractivity contribution in [2.75, 3.05) is 7.05 Å². The van der Waals surface area contributed by atoms with Crippen LogP contribution in [0.4, 0.5) is 13.2 Å². The van der Waals surface area contributed by atoms with Crippen LogP contribution in [-0.2, 0) is 6.18 Å². The standard InChI is InChI=1S/C9H8ClF3N2O/c1-15(14)8(16)6-3-2-5(10)4-7(6)9(11,12)13/h2-4H,14H2,1H3. The molecule has 0 spiro atoms. The molecule has 0 aliphatic heterocycles. The summed E-state index contributed by atoms with van der Waals surface area (Å²) in [5, 5.41) is 0.488. The van der Waals surface area contributed by atoms with Crippen molar-refractivity contribution < 1.29 is 18.0 Å². The number of hydrogen-bond acceptors (Lipinski definition) is 2. The van der Waals surface area contributed by atoms with E-state index in [2.05, 4.69) is 0 Å². The van der Waals surface area contributed by atoms with Crippen molar-refractivity contribution in [2.24, 2.45) is 5.84 Å². The summed E-state index contributed by atoms with van der Waals surface area (Å²) >= 11 is 5.45. The Morgan fingerprint density at radius 3 is 2.44 bits per heavy atom. The number of hydrazine groups is 1. The SMILES string of the molecule is CN(N)C(=O)c1ccc(Cl)cc1C(F)(F)F. The van der Waals surface area contributed by atoms with Crippen LogP contribution < -0.4 is 5.84 Å². The maximum Gasteiger partial charge on any atom is 0.417 e. The van der Waals surface area contributed by atoms with E-state index in [-0.39, 0.29) is 5.02 Å². The fraction of sp³-hybridized carbons (Fsp3) is 0.222. The van der Waals surface area contributed by atoms with Gasteiger partial charge in [-0.1, -0.05) is 11.6 Å². The Balaban J connectivity index is 3.34. The van der Waals surface area contributed by atoms with Crippen LogP contribution >= 0.6 is 11.6 Å². The lowest BCUT2D eigenvalue weighted by Crippen LogP contribution is -2.34. The third kappa shape index (κ3) is 2.65. The van der Waals surface area contributed by atoms with Crippen molar-refractivity contribution >= 4 is 17.5 Å². The molecule has 1 rings (SSSR count). The van der Waals surface area contributed by atoms with Gasteiger partial charge >= 0.3 is 6.18 Å². The molecule has 1 aromatic rings. The number of hydrogen-bond donors (Lipinski definition) is 1. The molecule has 0 bridgehead atoms. The van der Waals surface area contributed by atoms with Crippen molar-refractivity contribution in [1.82, 2.24) is 5.01 Å². The second kappa shape index (κ2) is 4.31. The molecule has 0 heterocycles. The number of carbonyl (C=O) groups is 1. The van der Waals surface area contributed by atoms with E-state index in [0.717, 1.165) is 13.1 Å². The molecule has 7 heteroatoms. The van der Waals surface area contributed by atoms with Gasteiger partial charge in [0.2, 0.25) is 0 Å². The van der Waals surface area contributed by atoms with Gasteiger partial charge in [-0.25, -0.2) is 5.84 Å². The van der Waals surface area contributed by atoms with Gasteiger partial charge in [0.25, 0.3) is 5.91 Å². The topological polar surface area (TPSA) is 46.3 Å². The van der Waals surface area contributed by atoms with E-state index in [1.165, 1.54) is 6.07 Å². The average Bonchev–Trinajstić information content (AvgIpc) is 2.15. The number of amides is 1. The van der Waals surface area contributed by atoms with Crippen LogP contribution in [-0.4, -0.2) is 18.0 Å². The zero-order chi connectivity index (χ0) is 12.5. The van der Waals surface area contributed by atoms with Crippen LogP contribution in [0.25, 0.3) is 0 Å². The molecule has 0 atom stereocenters. The van der Waals surface area contributed by atoms with E-state index < -0.39 is 23.2 Å². The maximum atomic E-state index is 12.6. The number of alkyl halides is 3. The van der Waals surface area contributed by atoms with Gasteiger partial charge in [0.15, 0.2) is 0 Å². The quantitative estimate of drug-likeness (QED) is 0.474. The number of carbonyl (C=O) groups excluding carboxylic acids is 1. The molecule has 0 fully saturated rings. The van der Waals surface area contributed by atoms with Gasteiger partial charge in [-0.05, 0) is 18.2 Å². The Morgan fingerprint density at radius 2 is 2.00 bits per heavy atom. The maximum absolute atomic E-state index is 12.6. The van der Waals surface area contributed by atoms with Gasteiger partial charge in [0, 0.05) is 12.1 Å². The second-order valence-electron chi connectivity index (χ2n) is 3.10. The van der Waals surface area contributed by atoms with Crippen LogP contribution in [0.1, 0.15) is 15.9 Å². The first-order chi connectivity index (χ1) is 7.23. The summed E-state index contributed by atoms with van der Waals surface area (Å²) in [6, 6.07) is 2.89. The van der Waals surface area contributed by atoms with Crippen LogP contribution in [0, 0.1) is 0 Å². The van der Waals surface area contributed by atoms with Crippen molar-refractivity contribution in [3.63, 3.8) is 0 Å². The van der Waals surface area contributed by atoms with Crippen molar-refractivity contribution in [3.8, 4) is 0 Å². The van der Waals surface area contributed by atoms with Crippen LogP contribution in [0.3, 0.4) is 0 Å². The summed E-state index contributed by atoms with van der Waals surface area (Å²) in [7, 11) is 1.16. The zero-order valence-electron chi connectivity index (χ0n) is 8.18. The minimum atomic E-state index is -4.65. The van der Waals surface area contributed by atoms with E-state index in [1.807, 2.05) is 0 Å². The normalized spacial score (nSPS) is 11.4. The minimum absolute atomic E-state index is 0.0939.